The van der Waals surface area contributed by atoms with Gasteiger partial charge in [-0.05, 0) is 37.5 Å². The van der Waals surface area contributed by atoms with Gasteiger partial charge in [0.2, 0.25) is 10.0 Å². The summed E-state index contributed by atoms with van der Waals surface area (Å²) in [4.78, 5) is 12.4. The summed E-state index contributed by atoms with van der Waals surface area (Å²) in [6.45, 7) is 1.82. The number of amides is 1. The smallest absolute Gasteiger partial charge is 0.251 e. The highest BCUT2D eigenvalue weighted by Gasteiger charge is 2.28. The van der Waals surface area contributed by atoms with E-state index in [4.69, 9.17) is 0 Å². The minimum Gasteiger partial charge on any atom is -0.351 e. The molecular weight excluding hydrogens is 386 g/mol. The molecule has 0 bridgehead atoms. The monoisotopic (exact) mass is 415 g/mol. The molecule has 0 aromatic heterocycles. The lowest BCUT2D eigenvalue weighted by Crippen LogP contribution is -2.37. The van der Waals surface area contributed by atoms with Gasteiger partial charge in [-0.2, -0.15) is 0 Å². The molecule has 1 aliphatic carbocycles. The van der Waals surface area contributed by atoms with Gasteiger partial charge in [0, 0.05) is 31.2 Å². The molecule has 152 valence electrons. The van der Waals surface area contributed by atoms with E-state index >= 15 is 0 Å². The van der Waals surface area contributed by atoms with Gasteiger partial charge in [-0.3, -0.25) is 9.10 Å². The summed E-state index contributed by atoms with van der Waals surface area (Å²) in [6, 6.07) is 7.44. The summed E-state index contributed by atoms with van der Waals surface area (Å²) in [5.41, 5.74) is 1.07. The van der Waals surface area contributed by atoms with E-state index in [0.717, 1.165) is 6.54 Å². The molecular formula is C19H30ClN3O3S. The second-order valence-electron chi connectivity index (χ2n) is 7.19. The van der Waals surface area contributed by atoms with Crippen LogP contribution in [0.3, 0.4) is 0 Å². The van der Waals surface area contributed by atoms with Crippen molar-refractivity contribution in [1.82, 2.24) is 10.6 Å². The number of rotatable bonds is 6. The maximum atomic E-state index is 12.4. The fraction of sp³-hybridized carbons (Fsp3) is 0.632. The van der Waals surface area contributed by atoms with Crippen molar-refractivity contribution in [3.8, 4) is 0 Å². The van der Waals surface area contributed by atoms with Gasteiger partial charge in [-0.1, -0.05) is 31.7 Å². The summed E-state index contributed by atoms with van der Waals surface area (Å²) in [7, 11) is -3.23. The molecule has 1 heterocycles. The average molecular weight is 416 g/mol. The fourth-order valence-corrected chi connectivity index (χ4v) is 5.33. The van der Waals surface area contributed by atoms with Crippen LogP contribution in [0.2, 0.25) is 0 Å². The SMILES string of the molecule is Cl.O=C(NCCNC1CCCCCC1)c1cccc(N2CCCS2(=O)=O)c1. The lowest BCUT2D eigenvalue weighted by atomic mass is 10.1. The average Bonchev–Trinajstić information content (AvgIpc) is 2.83. The lowest BCUT2D eigenvalue weighted by molar-refractivity contribution is 0.0953. The topological polar surface area (TPSA) is 78.5 Å². The first-order valence-corrected chi connectivity index (χ1v) is 11.3. The van der Waals surface area contributed by atoms with Crippen LogP contribution < -0.4 is 14.9 Å². The highest BCUT2D eigenvalue weighted by Crippen LogP contribution is 2.24. The van der Waals surface area contributed by atoms with E-state index in [0.29, 0.717) is 36.8 Å². The second-order valence-corrected chi connectivity index (χ2v) is 9.20. The summed E-state index contributed by atoms with van der Waals surface area (Å²) < 4.78 is 25.5. The normalized spacial score (nSPS) is 19.9. The van der Waals surface area contributed by atoms with E-state index in [1.54, 1.807) is 24.3 Å². The number of carbonyl (C=O) groups is 1. The van der Waals surface area contributed by atoms with Crippen LogP contribution in [0.5, 0.6) is 0 Å². The number of sulfonamides is 1. The molecule has 0 radical (unpaired) electrons. The Balaban J connectivity index is 0.00000261. The van der Waals surface area contributed by atoms with Crippen molar-refractivity contribution in [2.24, 2.45) is 0 Å². The Morgan fingerprint density at radius 3 is 2.48 bits per heavy atom. The number of nitrogens with one attached hydrogen (secondary N) is 2. The molecule has 2 fully saturated rings. The van der Waals surface area contributed by atoms with Crippen LogP contribution >= 0.6 is 12.4 Å². The highest BCUT2D eigenvalue weighted by atomic mass is 35.5. The Labute approximate surface area is 168 Å². The molecule has 27 heavy (non-hydrogen) atoms. The van der Waals surface area contributed by atoms with Crippen molar-refractivity contribution in [2.45, 2.75) is 51.0 Å². The molecule has 1 aromatic rings. The maximum Gasteiger partial charge on any atom is 0.251 e. The summed E-state index contributed by atoms with van der Waals surface area (Å²) in [6.07, 6.45) is 8.31. The zero-order valence-electron chi connectivity index (χ0n) is 15.7. The number of hydrogen-bond acceptors (Lipinski definition) is 4. The Bertz CT molecular complexity index is 719. The van der Waals surface area contributed by atoms with Crippen LogP contribution in [0.4, 0.5) is 5.69 Å². The number of halogens is 1. The van der Waals surface area contributed by atoms with Crippen molar-refractivity contribution >= 4 is 34.0 Å². The molecule has 0 unspecified atom stereocenters. The van der Waals surface area contributed by atoms with Gasteiger partial charge < -0.3 is 10.6 Å². The van der Waals surface area contributed by atoms with Crippen molar-refractivity contribution < 1.29 is 13.2 Å². The van der Waals surface area contributed by atoms with Crippen LogP contribution in [0, 0.1) is 0 Å². The van der Waals surface area contributed by atoms with Gasteiger partial charge in [0.25, 0.3) is 5.91 Å². The standard InChI is InChI=1S/C19H29N3O3S.ClH/c23-19(21-12-11-20-17-8-3-1-2-4-9-17)16-7-5-10-18(15-16)22-13-6-14-26(22,24)25;/h5,7,10,15,17,20H,1-4,6,8-9,11-14H2,(H,21,23);1H. The Morgan fingerprint density at radius 1 is 1.07 bits per heavy atom. The highest BCUT2D eigenvalue weighted by molar-refractivity contribution is 7.93. The van der Waals surface area contributed by atoms with Crippen molar-refractivity contribution in [3.05, 3.63) is 29.8 Å². The Kier molecular flexibility index (Phi) is 8.38. The molecule has 1 saturated carbocycles. The molecule has 0 spiro atoms. The van der Waals surface area contributed by atoms with E-state index in [-0.39, 0.29) is 24.1 Å². The zero-order valence-corrected chi connectivity index (χ0v) is 17.3. The number of anilines is 1. The van der Waals surface area contributed by atoms with Crippen LogP contribution in [-0.4, -0.2) is 45.8 Å². The first kappa shape index (κ1) is 22.0. The quantitative estimate of drug-likeness (QED) is 0.553. The van der Waals surface area contributed by atoms with Crippen LogP contribution in [0.1, 0.15) is 55.3 Å². The van der Waals surface area contributed by atoms with Crippen LogP contribution in [-0.2, 0) is 10.0 Å². The molecule has 1 saturated heterocycles. The van der Waals surface area contributed by atoms with E-state index in [9.17, 15) is 13.2 Å². The van der Waals surface area contributed by atoms with Gasteiger partial charge in [0.15, 0.2) is 0 Å². The van der Waals surface area contributed by atoms with Crippen LogP contribution in [0.15, 0.2) is 24.3 Å². The summed E-state index contributed by atoms with van der Waals surface area (Å²) in [5, 5.41) is 6.46. The second kappa shape index (κ2) is 10.3. The third kappa shape index (κ3) is 6.09. The molecule has 1 aromatic carbocycles. The largest absolute Gasteiger partial charge is 0.351 e. The molecule has 1 amide bonds. The zero-order chi connectivity index (χ0) is 18.4. The number of nitrogens with zero attached hydrogens (tertiary/aromatic N) is 1. The van der Waals surface area contributed by atoms with E-state index in [1.165, 1.54) is 42.8 Å². The molecule has 6 nitrogen and oxygen atoms in total. The van der Waals surface area contributed by atoms with Crippen molar-refractivity contribution in [3.63, 3.8) is 0 Å². The van der Waals surface area contributed by atoms with Crippen molar-refractivity contribution in [1.29, 1.82) is 0 Å². The third-order valence-corrected chi connectivity index (χ3v) is 7.06. The fourth-order valence-electron chi connectivity index (χ4n) is 3.77. The Morgan fingerprint density at radius 2 is 1.81 bits per heavy atom. The predicted octanol–water partition coefficient (Wildman–Crippen LogP) is 2.69. The number of carbonyl (C=O) groups excluding carboxylic acids is 1. The minimum absolute atomic E-state index is 0. The summed E-state index contributed by atoms with van der Waals surface area (Å²) >= 11 is 0. The van der Waals surface area contributed by atoms with Crippen LogP contribution in [0.25, 0.3) is 0 Å². The van der Waals surface area contributed by atoms with Crippen molar-refractivity contribution in [2.75, 3.05) is 29.7 Å². The van der Waals surface area contributed by atoms with E-state index in [2.05, 4.69) is 10.6 Å². The number of benzene rings is 1. The molecule has 1 aliphatic heterocycles. The van der Waals surface area contributed by atoms with Gasteiger partial charge >= 0.3 is 0 Å². The molecule has 3 rings (SSSR count). The van der Waals surface area contributed by atoms with Gasteiger partial charge in [-0.15, -0.1) is 12.4 Å². The molecule has 2 aliphatic rings. The predicted molar refractivity (Wildman–Crippen MR) is 111 cm³/mol. The first-order valence-electron chi connectivity index (χ1n) is 9.68. The third-order valence-electron chi connectivity index (χ3n) is 5.19. The Hall–Kier alpha value is -1.31. The lowest BCUT2D eigenvalue weighted by Gasteiger charge is -2.18. The molecule has 2 N–H and O–H groups in total. The minimum atomic E-state index is -3.23. The van der Waals surface area contributed by atoms with Gasteiger partial charge in [0.1, 0.15) is 0 Å². The van der Waals surface area contributed by atoms with Gasteiger partial charge in [-0.25, -0.2) is 8.42 Å². The van der Waals surface area contributed by atoms with Gasteiger partial charge in [0.05, 0.1) is 11.4 Å². The molecule has 8 heteroatoms. The van der Waals surface area contributed by atoms with E-state index < -0.39 is 10.0 Å². The number of hydrogen-bond donors (Lipinski definition) is 2. The first-order chi connectivity index (χ1) is 12.6. The van der Waals surface area contributed by atoms with E-state index in [1.807, 2.05) is 0 Å². The molecule has 0 atom stereocenters. The maximum absolute atomic E-state index is 12.4. The summed E-state index contributed by atoms with van der Waals surface area (Å²) in [5.74, 6) is 0.0158.